The summed E-state index contributed by atoms with van der Waals surface area (Å²) in [7, 11) is 0. The zero-order chi connectivity index (χ0) is 12.8. The number of aromatic nitrogens is 5. The van der Waals surface area contributed by atoms with Crippen molar-refractivity contribution in [1.29, 1.82) is 0 Å². The maximum Gasteiger partial charge on any atom is 0.197 e. The van der Waals surface area contributed by atoms with Gasteiger partial charge in [0.1, 0.15) is 17.2 Å². The van der Waals surface area contributed by atoms with Crippen molar-refractivity contribution in [3.8, 4) is 0 Å². The molecule has 1 fully saturated rings. The second kappa shape index (κ2) is 4.28. The maximum absolute atomic E-state index is 4.39. The van der Waals surface area contributed by atoms with E-state index in [2.05, 4.69) is 24.7 Å². The van der Waals surface area contributed by atoms with E-state index in [-0.39, 0.29) is 0 Å². The Morgan fingerprint density at radius 2 is 2.21 bits per heavy atom. The highest BCUT2D eigenvalue weighted by Gasteiger charge is 2.28. The van der Waals surface area contributed by atoms with Gasteiger partial charge in [0, 0.05) is 6.04 Å². The molecule has 0 aromatic carbocycles. The molecule has 0 saturated heterocycles. The molecule has 1 aliphatic carbocycles. The van der Waals surface area contributed by atoms with E-state index >= 15 is 0 Å². The molecule has 0 radical (unpaired) electrons. The molecule has 0 unspecified atom stereocenters. The molecule has 3 aromatic heterocycles. The van der Waals surface area contributed by atoms with Gasteiger partial charge in [0.2, 0.25) is 0 Å². The lowest BCUT2D eigenvalue weighted by Gasteiger charge is -2.05. The van der Waals surface area contributed by atoms with E-state index in [4.69, 9.17) is 0 Å². The average molecular weight is 289 g/mol. The summed E-state index contributed by atoms with van der Waals surface area (Å²) in [6.07, 6.45) is 4.07. The quantitative estimate of drug-likeness (QED) is 0.694. The van der Waals surface area contributed by atoms with Gasteiger partial charge in [-0.15, -0.1) is 21.5 Å². The van der Waals surface area contributed by atoms with Crippen LogP contribution in [0.25, 0.3) is 10.2 Å². The number of thiophene rings is 1. The van der Waals surface area contributed by atoms with Crippen LogP contribution in [0.2, 0.25) is 0 Å². The Bertz CT molecular complexity index is 744. The molecule has 7 heteroatoms. The molecule has 0 amide bonds. The SMILES string of the molecule is Cc1nnc(Sc2ncnc3ccsc23)n1C1CC1. The third-order valence-electron chi connectivity index (χ3n) is 3.15. The number of hydrogen-bond donors (Lipinski definition) is 0. The van der Waals surface area contributed by atoms with Crippen molar-refractivity contribution in [2.45, 2.75) is 36.0 Å². The lowest BCUT2D eigenvalue weighted by atomic mass is 10.5. The van der Waals surface area contributed by atoms with Crippen LogP contribution in [0.15, 0.2) is 28.0 Å². The molecule has 4 rings (SSSR count). The molecule has 1 aliphatic rings. The molecular formula is C12H11N5S2. The molecule has 3 aromatic rings. The average Bonchev–Trinajstić information content (AvgIpc) is 2.99. The molecule has 5 nitrogen and oxygen atoms in total. The smallest absolute Gasteiger partial charge is 0.197 e. The van der Waals surface area contributed by atoms with E-state index in [0.29, 0.717) is 6.04 Å². The van der Waals surface area contributed by atoms with Gasteiger partial charge in [-0.2, -0.15) is 0 Å². The number of fused-ring (bicyclic) bond motifs is 1. The highest BCUT2D eigenvalue weighted by Crippen LogP contribution is 2.41. The number of rotatable bonds is 3. The Morgan fingerprint density at radius 3 is 3.05 bits per heavy atom. The van der Waals surface area contributed by atoms with Crippen LogP contribution in [-0.2, 0) is 0 Å². The van der Waals surface area contributed by atoms with E-state index in [0.717, 1.165) is 26.2 Å². The van der Waals surface area contributed by atoms with E-state index in [1.807, 2.05) is 18.4 Å². The standard InChI is InChI=1S/C12H11N5S2/c1-7-15-16-12(17(7)8-2-3-8)19-11-10-9(4-5-18-10)13-6-14-11/h4-6,8H,2-3H2,1H3. The van der Waals surface area contributed by atoms with Crippen LogP contribution >= 0.6 is 23.1 Å². The zero-order valence-electron chi connectivity index (χ0n) is 10.3. The van der Waals surface area contributed by atoms with Crippen LogP contribution in [0.5, 0.6) is 0 Å². The molecule has 1 saturated carbocycles. The normalized spacial score (nSPS) is 15.2. The molecule has 96 valence electrons. The predicted molar refractivity (Wildman–Crippen MR) is 74.6 cm³/mol. The minimum Gasteiger partial charge on any atom is -0.303 e. The third kappa shape index (κ3) is 1.93. The highest BCUT2D eigenvalue weighted by molar-refractivity contribution is 7.99. The first-order valence-corrected chi connectivity index (χ1v) is 7.80. The van der Waals surface area contributed by atoms with Crippen molar-refractivity contribution in [1.82, 2.24) is 24.7 Å². The first-order valence-electron chi connectivity index (χ1n) is 6.10. The van der Waals surface area contributed by atoms with E-state index in [1.165, 1.54) is 12.8 Å². The van der Waals surface area contributed by atoms with Crippen molar-refractivity contribution in [3.05, 3.63) is 23.6 Å². The molecule has 0 spiro atoms. The summed E-state index contributed by atoms with van der Waals surface area (Å²) >= 11 is 3.25. The van der Waals surface area contributed by atoms with Crippen molar-refractivity contribution < 1.29 is 0 Å². The Kier molecular flexibility index (Phi) is 2.56. The maximum atomic E-state index is 4.39. The van der Waals surface area contributed by atoms with E-state index < -0.39 is 0 Å². The van der Waals surface area contributed by atoms with Gasteiger partial charge in [0.05, 0.1) is 10.2 Å². The monoisotopic (exact) mass is 289 g/mol. The summed E-state index contributed by atoms with van der Waals surface area (Å²) in [6, 6.07) is 2.60. The van der Waals surface area contributed by atoms with Crippen LogP contribution in [0, 0.1) is 6.92 Å². The van der Waals surface area contributed by atoms with E-state index in [1.54, 1.807) is 29.4 Å². The van der Waals surface area contributed by atoms with Gasteiger partial charge in [0.25, 0.3) is 0 Å². The lowest BCUT2D eigenvalue weighted by Crippen LogP contribution is -1.99. The Hall–Kier alpha value is -1.47. The largest absolute Gasteiger partial charge is 0.303 e. The van der Waals surface area contributed by atoms with Gasteiger partial charge in [-0.25, -0.2) is 9.97 Å². The highest BCUT2D eigenvalue weighted by atomic mass is 32.2. The molecule has 0 aliphatic heterocycles. The van der Waals surface area contributed by atoms with Crippen molar-refractivity contribution in [2.24, 2.45) is 0 Å². The van der Waals surface area contributed by atoms with Gasteiger partial charge >= 0.3 is 0 Å². The van der Waals surface area contributed by atoms with Crippen LogP contribution in [0.1, 0.15) is 24.7 Å². The Balaban J connectivity index is 1.77. The number of nitrogens with zero attached hydrogens (tertiary/aromatic N) is 5. The third-order valence-corrected chi connectivity index (χ3v) is 5.15. The lowest BCUT2D eigenvalue weighted by molar-refractivity contribution is 0.644. The minimum absolute atomic E-state index is 0.582. The fraction of sp³-hybridized carbons (Fsp3) is 0.333. The van der Waals surface area contributed by atoms with Crippen LogP contribution < -0.4 is 0 Å². The topological polar surface area (TPSA) is 56.5 Å². The summed E-state index contributed by atoms with van der Waals surface area (Å²) < 4.78 is 3.35. The van der Waals surface area contributed by atoms with Crippen molar-refractivity contribution in [3.63, 3.8) is 0 Å². The summed E-state index contributed by atoms with van der Waals surface area (Å²) in [5.74, 6) is 0.987. The fourth-order valence-electron chi connectivity index (χ4n) is 2.10. The van der Waals surface area contributed by atoms with Crippen LogP contribution in [0.4, 0.5) is 0 Å². The Morgan fingerprint density at radius 1 is 1.32 bits per heavy atom. The van der Waals surface area contributed by atoms with Crippen LogP contribution in [-0.4, -0.2) is 24.7 Å². The molecule has 0 N–H and O–H groups in total. The van der Waals surface area contributed by atoms with E-state index in [9.17, 15) is 0 Å². The summed E-state index contributed by atoms with van der Waals surface area (Å²) in [5.41, 5.74) is 0.997. The first kappa shape index (κ1) is 11.4. The molecule has 19 heavy (non-hydrogen) atoms. The zero-order valence-corrected chi connectivity index (χ0v) is 11.9. The fourth-order valence-corrected chi connectivity index (χ4v) is 4.03. The molecule has 3 heterocycles. The molecule has 0 atom stereocenters. The van der Waals surface area contributed by atoms with Gasteiger partial charge in [-0.05, 0) is 43.0 Å². The summed E-state index contributed by atoms with van der Waals surface area (Å²) in [6.45, 7) is 2.01. The summed E-state index contributed by atoms with van der Waals surface area (Å²) in [5, 5.41) is 12.4. The number of hydrogen-bond acceptors (Lipinski definition) is 6. The predicted octanol–water partition coefficient (Wildman–Crippen LogP) is 3.08. The van der Waals surface area contributed by atoms with Gasteiger partial charge in [-0.3, -0.25) is 0 Å². The number of aryl methyl sites for hydroxylation is 1. The second-order valence-electron chi connectivity index (χ2n) is 4.55. The second-order valence-corrected chi connectivity index (χ2v) is 6.42. The summed E-state index contributed by atoms with van der Waals surface area (Å²) in [4.78, 5) is 8.65. The van der Waals surface area contributed by atoms with Crippen molar-refractivity contribution >= 4 is 33.3 Å². The van der Waals surface area contributed by atoms with Crippen LogP contribution in [0.3, 0.4) is 0 Å². The van der Waals surface area contributed by atoms with Crippen molar-refractivity contribution in [2.75, 3.05) is 0 Å². The Labute approximate surface area is 118 Å². The molecular weight excluding hydrogens is 278 g/mol. The van der Waals surface area contributed by atoms with Gasteiger partial charge < -0.3 is 4.57 Å². The molecule has 0 bridgehead atoms. The first-order chi connectivity index (χ1) is 9.33. The minimum atomic E-state index is 0.582. The van der Waals surface area contributed by atoms with Gasteiger partial charge in [-0.1, -0.05) is 0 Å². The van der Waals surface area contributed by atoms with Gasteiger partial charge in [0.15, 0.2) is 5.16 Å².